The molecule has 5 aromatic heterocycles. The molecule has 0 spiro atoms. The molecule has 69 heavy (non-hydrogen) atoms. The lowest BCUT2D eigenvalue weighted by Gasteiger charge is -2.13. The van der Waals surface area contributed by atoms with Gasteiger partial charge in [0.2, 0.25) is 0 Å². The second-order valence-electron chi connectivity index (χ2n) is 17.8. The largest absolute Gasteiger partial charge is 0.309 e. The predicted molar refractivity (Wildman–Crippen MR) is 287 cm³/mol. The molecular formula is C64H41N5. The first-order valence-electron chi connectivity index (χ1n) is 23.5. The Morgan fingerprint density at radius 2 is 0.768 bits per heavy atom. The minimum Gasteiger partial charge on any atom is -0.309 e. The molecule has 0 aliphatic carbocycles. The van der Waals surface area contributed by atoms with Crippen LogP contribution in [-0.2, 0) is 0 Å². The highest BCUT2D eigenvalue weighted by Crippen LogP contribution is 2.40. The van der Waals surface area contributed by atoms with E-state index in [-0.39, 0.29) is 0 Å². The standard InChI is InChI=1S/C64H41N5/c1-4-16-42(17-5-1)47-38-56(43-18-6-2-7-19-43)66-57(39-47)46-20-14-23-49(36-46)69-58-26-12-10-24-51(58)53-32-29-45(40-63(53)69)44-30-33-60-54(37-44)52-25-11-13-27-59(52)68(60)50-31-34-61-55(41-50)64-62(28-15-35-65-64)67(61)48-21-8-3-9-22-48/h1-41H. The van der Waals surface area contributed by atoms with Crippen LogP contribution in [0.1, 0.15) is 0 Å². The number of hydrogen-bond acceptors (Lipinski definition) is 2. The number of aromatic nitrogens is 5. The van der Waals surface area contributed by atoms with E-state index in [2.05, 4.69) is 250 Å². The first-order chi connectivity index (χ1) is 34.2. The number of fused-ring (bicyclic) bond motifs is 9. The van der Waals surface area contributed by atoms with Crippen LogP contribution in [0, 0.1) is 0 Å². The Morgan fingerprint density at radius 1 is 0.246 bits per heavy atom. The van der Waals surface area contributed by atoms with Gasteiger partial charge in [0.25, 0.3) is 0 Å². The van der Waals surface area contributed by atoms with Crippen LogP contribution in [0.25, 0.3) is 127 Å². The van der Waals surface area contributed by atoms with E-state index < -0.39 is 0 Å². The number of nitrogens with zero attached hydrogens (tertiary/aromatic N) is 5. The Morgan fingerprint density at radius 3 is 1.55 bits per heavy atom. The Labute approximate surface area is 398 Å². The summed E-state index contributed by atoms with van der Waals surface area (Å²) in [5.41, 5.74) is 19.8. The van der Waals surface area contributed by atoms with E-state index in [4.69, 9.17) is 9.97 Å². The van der Waals surface area contributed by atoms with Gasteiger partial charge in [-0.2, -0.15) is 0 Å². The third-order valence-corrected chi connectivity index (χ3v) is 13.9. The molecular weight excluding hydrogens is 839 g/mol. The minimum atomic E-state index is 0.932. The van der Waals surface area contributed by atoms with Gasteiger partial charge in [0.15, 0.2) is 0 Å². The van der Waals surface area contributed by atoms with Crippen molar-refractivity contribution in [2.75, 3.05) is 0 Å². The summed E-state index contributed by atoms with van der Waals surface area (Å²) in [5.74, 6) is 0. The van der Waals surface area contributed by atoms with E-state index in [1.165, 1.54) is 32.6 Å². The van der Waals surface area contributed by atoms with Gasteiger partial charge in [0, 0.05) is 61.3 Å². The Hall–Kier alpha value is -9.32. The van der Waals surface area contributed by atoms with Gasteiger partial charge in [-0.1, -0.05) is 146 Å². The van der Waals surface area contributed by atoms with Crippen molar-refractivity contribution in [2.45, 2.75) is 0 Å². The number of hydrogen-bond donors (Lipinski definition) is 0. The second-order valence-corrected chi connectivity index (χ2v) is 17.8. The zero-order valence-electron chi connectivity index (χ0n) is 37.4. The normalized spacial score (nSPS) is 11.8. The van der Waals surface area contributed by atoms with Crippen molar-refractivity contribution in [1.29, 1.82) is 0 Å². The smallest absolute Gasteiger partial charge is 0.0964 e. The first-order valence-corrected chi connectivity index (χ1v) is 23.5. The first kappa shape index (κ1) is 38.9. The molecule has 0 radical (unpaired) electrons. The predicted octanol–water partition coefficient (Wildman–Crippen LogP) is 16.4. The molecule has 0 atom stereocenters. The van der Waals surface area contributed by atoms with Crippen LogP contribution in [0.4, 0.5) is 0 Å². The van der Waals surface area contributed by atoms with Crippen molar-refractivity contribution in [2.24, 2.45) is 0 Å². The highest BCUT2D eigenvalue weighted by Gasteiger charge is 2.19. The summed E-state index contributed by atoms with van der Waals surface area (Å²) in [6, 6.07) is 87.3. The van der Waals surface area contributed by atoms with E-state index in [1.54, 1.807) is 0 Å². The fraction of sp³-hybridized carbons (Fsp3) is 0. The minimum absolute atomic E-state index is 0.932. The van der Waals surface area contributed by atoms with E-state index >= 15 is 0 Å². The molecule has 0 fully saturated rings. The molecule has 322 valence electrons. The lowest BCUT2D eigenvalue weighted by Crippen LogP contribution is -1.96. The van der Waals surface area contributed by atoms with Gasteiger partial charge in [-0.15, -0.1) is 0 Å². The zero-order chi connectivity index (χ0) is 45.4. The van der Waals surface area contributed by atoms with Crippen LogP contribution in [-0.4, -0.2) is 23.7 Å². The van der Waals surface area contributed by atoms with Gasteiger partial charge in [-0.05, 0) is 119 Å². The lowest BCUT2D eigenvalue weighted by atomic mass is 10.00. The average Bonchev–Trinajstić information content (AvgIpc) is 4.06. The van der Waals surface area contributed by atoms with E-state index in [0.29, 0.717) is 0 Å². The van der Waals surface area contributed by atoms with Crippen molar-refractivity contribution in [3.05, 3.63) is 249 Å². The van der Waals surface area contributed by atoms with Crippen LogP contribution >= 0.6 is 0 Å². The molecule has 5 heteroatoms. The Kier molecular flexibility index (Phi) is 8.83. The third-order valence-electron chi connectivity index (χ3n) is 13.9. The fourth-order valence-electron chi connectivity index (χ4n) is 10.7. The fourth-order valence-corrected chi connectivity index (χ4v) is 10.7. The van der Waals surface area contributed by atoms with Gasteiger partial charge in [0.05, 0.1) is 50.0 Å². The summed E-state index contributed by atoms with van der Waals surface area (Å²) >= 11 is 0. The Balaban J connectivity index is 0.905. The lowest BCUT2D eigenvalue weighted by molar-refractivity contribution is 1.16. The molecule has 0 aliphatic rings. The molecule has 0 bridgehead atoms. The van der Waals surface area contributed by atoms with Gasteiger partial charge in [-0.3, -0.25) is 4.98 Å². The van der Waals surface area contributed by atoms with E-state index in [9.17, 15) is 0 Å². The summed E-state index contributed by atoms with van der Waals surface area (Å²) in [4.78, 5) is 10.2. The van der Waals surface area contributed by atoms with Crippen molar-refractivity contribution in [1.82, 2.24) is 23.7 Å². The summed E-state index contributed by atoms with van der Waals surface area (Å²) in [7, 11) is 0. The molecule has 5 nitrogen and oxygen atoms in total. The zero-order valence-corrected chi connectivity index (χ0v) is 37.4. The van der Waals surface area contributed by atoms with Gasteiger partial charge < -0.3 is 13.7 Å². The third kappa shape index (κ3) is 6.32. The summed E-state index contributed by atoms with van der Waals surface area (Å²) < 4.78 is 7.14. The van der Waals surface area contributed by atoms with Crippen molar-refractivity contribution < 1.29 is 0 Å². The van der Waals surface area contributed by atoms with Crippen LogP contribution < -0.4 is 0 Å². The van der Waals surface area contributed by atoms with Gasteiger partial charge >= 0.3 is 0 Å². The van der Waals surface area contributed by atoms with Crippen LogP contribution in [0.15, 0.2) is 249 Å². The maximum Gasteiger partial charge on any atom is 0.0964 e. The highest BCUT2D eigenvalue weighted by atomic mass is 15.0. The van der Waals surface area contributed by atoms with Crippen molar-refractivity contribution in [3.63, 3.8) is 0 Å². The number of pyridine rings is 2. The monoisotopic (exact) mass is 879 g/mol. The second kappa shape index (κ2) is 15.7. The van der Waals surface area contributed by atoms with Crippen LogP contribution in [0.2, 0.25) is 0 Å². The summed E-state index contributed by atoms with van der Waals surface area (Å²) in [5, 5.41) is 5.98. The molecule has 0 amide bonds. The summed E-state index contributed by atoms with van der Waals surface area (Å²) in [6.07, 6.45) is 1.89. The number of rotatable bonds is 7. The average molecular weight is 880 g/mol. The number of benzene rings is 9. The quantitative estimate of drug-likeness (QED) is 0.160. The molecule has 0 aliphatic heterocycles. The van der Waals surface area contributed by atoms with Crippen LogP contribution in [0.3, 0.4) is 0 Å². The van der Waals surface area contributed by atoms with Gasteiger partial charge in [-0.25, -0.2) is 4.98 Å². The summed E-state index contributed by atoms with van der Waals surface area (Å²) in [6.45, 7) is 0. The maximum absolute atomic E-state index is 5.29. The van der Waals surface area contributed by atoms with Gasteiger partial charge in [0.1, 0.15) is 0 Å². The molecule has 0 saturated heterocycles. The number of para-hydroxylation sites is 3. The highest BCUT2D eigenvalue weighted by molar-refractivity contribution is 6.13. The van der Waals surface area contributed by atoms with Crippen molar-refractivity contribution >= 4 is 65.5 Å². The SMILES string of the molecule is c1ccc(-c2cc(-c3ccccc3)nc(-c3cccc(-n4c5ccccc5c5ccc(-c6ccc7c(c6)c6ccccc6n7-c6ccc7c(c6)c6ncccc6n7-c6ccccc6)cc54)c3)c2)cc1. The molecule has 14 rings (SSSR count). The topological polar surface area (TPSA) is 40.6 Å². The molecule has 0 unspecified atom stereocenters. The van der Waals surface area contributed by atoms with E-state index in [1.807, 2.05) is 12.3 Å². The molecule has 5 heterocycles. The Bertz CT molecular complexity index is 4240. The van der Waals surface area contributed by atoms with E-state index in [0.717, 1.165) is 94.8 Å². The van der Waals surface area contributed by atoms with Crippen molar-refractivity contribution in [3.8, 4) is 61.8 Å². The molecule has 0 saturated carbocycles. The molecule has 9 aromatic carbocycles. The molecule has 0 N–H and O–H groups in total. The molecule has 14 aromatic rings. The van der Waals surface area contributed by atoms with Crippen LogP contribution in [0.5, 0.6) is 0 Å². The maximum atomic E-state index is 5.29.